The zero-order chi connectivity index (χ0) is 11.5. The fourth-order valence-corrected chi connectivity index (χ4v) is 2.09. The van der Waals surface area contributed by atoms with E-state index in [1.807, 2.05) is 30.5 Å². The van der Waals surface area contributed by atoms with Crippen molar-refractivity contribution in [2.75, 3.05) is 13.2 Å². The van der Waals surface area contributed by atoms with Crippen molar-refractivity contribution >= 4 is 12.4 Å². The van der Waals surface area contributed by atoms with E-state index in [0.717, 1.165) is 24.5 Å². The van der Waals surface area contributed by atoms with Gasteiger partial charge in [-0.3, -0.25) is 0 Å². The Balaban J connectivity index is 0.00000120. The number of fused-ring (bicyclic) bond motifs is 1. The zero-order valence-electron chi connectivity index (χ0n) is 9.93. The van der Waals surface area contributed by atoms with Gasteiger partial charge in [0.15, 0.2) is 0 Å². The lowest BCUT2D eigenvalue weighted by Gasteiger charge is -2.10. The van der Waals surface area contributed by atoms with Crippen LogP contribution in [0.1, 0.15) is 5.56 Å². The highest BCUT2D eigenvalue weighted by atomic mass is 35.5. The summed E-state index contributed by atoms with van der Waals surface area (Å²) >= 11 is 0. The largest absolute Gasteiger partial charge is 0.476 e. The molecule has 94 valence electrons. The van der Waals surface area contributed by atoms with E-state index in [-0.39, 0.29) is 12.4 Å². The summed E-state index contributed by atoms with van der Waals surface area (Å²) in [5.41, 5.74) is 3.56. The lowest BCUT2D eigenvalue weighted by molar-refractivity contribution is 0.314. The molecular weight excluding hydrogens is 248 g/mol. The Morgan fingerprint density at radius 2 is 1.94 bits per heavy atom. The lowest BCUT2D eigenvalue weighted by Crippen LogP contribution is -2.16. The highest BCUT2D eigenvalue weighted by Crippen LogP contribution is 2.29. The molecule has 2 aromatic rings. The van der Waals surface area contributed by atoms with Gasteiger partial charge < -0.3 is 10.1 Å². The lowest BCUT2D eigenvalue weighted by atomic mass is 10.0. The molecule has 0 atom stereocenters. The first-order valence-electron chi connectivity index (χ1n) is 5.82. The Hall–Kier alpha value is -1.58. The summed E-state index contributed by atoms with van der Waals surface area (Å²) in [6.07, 6.45) is 1.81. The molecule has 4 heteroatoms. The first kappa shape index (κ1) is 12.9. The zero-order valence-corrected chi connectivity index (χ0v) is 10.7. The number of rotatable bonds is 1. The predicted molar refractivity (Wildman–Crippen MR) is 74.1 cm³/mol. The van der Waals surface area contributed by atoms with E-state index < -0.39 is 0 Å². The van der Waals surface area contributed by atoms with Gasteiger partial charge in [0.05, 0.1) is 0 Å². The molecule has 0 spiro atoms. The quantitative estimate of drug-likeness (QED) is 0.858. The van der Waals surface area contributed by atoms with Gasteiger partial charge >= 0.3 is 0 Å². The van der Waals surface area contributed by atoms with Crippen LogP contribution in [0.4, 0.5) is 0 Å². The summed E-state index contributed by atoms with van der Waals surface area (Å²) in [5.74, 6) is 0.761. The number of aromatic nitrogens is 1. The molecule has 3 rings (SSSR count). The van der Waals surface area contributed by atoms with E-state index in [1.165, 1.54) is 11.1 Å². The van der Waals surface area contributed by atoms with Gasteiger partial charge in [0.25, 0.3) is 0 Å². The molecule has 1 aromatic carbocycles. The van der Waals surface area contributed by atoms with Crippen molar-refractivity contribution < 1.29 is 4.74 Å². The Kier molecular flexibility index (Phi) is 4.18. The van der Waals surface area contributed by atoms with Gasteiger partial charge in [-0.25, -0.2) is 4.98 Å². The second-order valence-corrected chi connectivity index (χ2v) is 4.03. The van der Waals surface area contributed by atoms with Crippen LogP contribution in [0.5, 0.6) is 5.88 Å². The monoisotopic (exact) mass is 262 g/mol. The molecule has 2 heterocycles. The average Bonchev–Trinajstić information content (AvgIpc) is 2.64. The Labute approximate surface area is 113 Å². The Morgan fingerprint density at radius 3 is 2.78 bits per heavy atom. The Bertz CT molecular complexity index is 516. The topological polar surface area (TPSA) is 34.2 Å². The summed E-state index contributed by atoms with van der Waals surface area (Å²) in [6.45, 7) is 2.36. The van der Waals surface area contributed by atoms with E-state index in [9.17, 15) is 0 Å². The van der Waals surface area contributed by atoms with Crippen molar-refractivity contribution in [2.24, 2.45) is 0 Å². The summed E-state index contributed by atoms with van der Waals surface area (Å²) in [4.78, 5) is 4.30. The molecule has 1 N–H and O–H groups in total. The normalized spacial score (nSPS) is 13.8. The van der Waals surface area contributed by atoms with Crippen molar-refractivity contribution in [3.8, 4) is 17.0 Å². The van der Waals surface area contributed by atoms with Crippen LogP contribution in [0.25, 0.3) is 11.1 Å². The van der Waals surface area contributed by atoms with Crippen LogP contribution in [0.3, 0.4) is 0 Å². The first-order chi connectivity index (χ1) is 8.45. The smallest absolute Gasteiger partial charge is 0.218 e. The minimum atomic E-state index is 0. The number of ether oxygens (including phenoxy) is 1. The molecule has 0 amide bonds. The maximum absolute atomic E-state index is 5.64. The van der Waals surface area contributed by atoms with Crippen LogP contribution < -0.4 is 10.1 Å². The van der Waals surface area contributed by atoms with E-state index in [1.54, 1.807) is 0 Å². The molecule has 0 aliphatic carbocycles. The van der Waals surface area contributed by atoms with Crippen LogP contribution in [-0.4, -0.2) is 18.1 Å². The fourth-order valence-electron chi connectivity index (χ4n) is 2.09. The second kappa shape index (κ2) is 5.85. The molecule has 1 aliphatic heterocycles. The number of nitrogens with one attached hydrogen (secondary N) is 1. The van der Waals surface area contributed by atoms with E-state index in [0.29, 0.717) is 6.61 Å². The third kappa shape index (κ3) is 2.47. The van der Waals surface area contributed by atoms with Crippen LogP contribution in [0, 0.1) is 0 Å². The van der Waals surface area contributed by atoms with Crippen LogP contribution in [0.15, 0.2) is 42.6 Å². The van der Waals surface area contributed by atoms with E-state index >= 15 is 0 Å². The molecule has 1 aliphatic rings. The molecule has 18 heavy (non-hydrogen) atoms. The summed E-state index contributed by atoms with van der Waals surface area (Å²) in [5, 5.41) is 3.35. The second-order valence-electron chi connectivity index (χ2n) is 4.03. The molecule has 1 aromatic heterocycles. The summed E-state index contributed by atoms with van der Waals surface area (Å²) < 4.78 is 5.64. The van der Waals surface area contributed by atoms with Crippen LogP contribution in [-0.2, 0) is 6.54 Å². The van der Waals surface area contributed by atoms with Gasteiger partial charge in [-0.05, 0) is 17.2 Å². The Morgan fingerprint density at radius 1 is 1.11 bits per heavy atom. The SMILES string of the molecule is Cl.c1ccc(-c2ccnc3c2CNCCO3)cc1. The number of hydrogen-bond donors (Lipinski definition) is 1. The maximum atomic E-state index is 5.64. The summed E-state index contributed by atoms with van der Waals surface area (Å²) in [7, 11) is 0. The minimum absolute atomic E-state index is 0. The van der Waals surface area contributed by atoms with Crippen LogP contribution in [0.2, 0.25) is 0 Å². The van der Waals surface area contributed by atoms with Crippen molar-refractivity contribution in [2.45, 2.75) is 6.54 Å². The van der Waals surface area contributed by atoms with Crippen molar-refractivity contribution in [3.05, 3.63) is 48.2 Å². The molecule has 0 saturated carbocycles. The van der Waals surface area contributed by atoms with E-state index in [4.69, 9.17) is 4.74 Å². The minimum Gasteiger partial charge on any atom is -0.476 e. The van der Waals surface area contributed by atoms with Crippen molar-refractivity contribution in [1.29, 1.82) is 0 Å². The number of benzene rings is 1. The highest BCUT2D eigenvalue weighted by Gasteiger charge is 2.14. The standard InChI is InChI=1S/C14H14N2O.ClH/c1-2-4-11(5-3-1)12-6-7-16-14-13(12)10-15-8-9-17-14;/h1-7,15H,8-10H2;1H. The number of pyridine rings is 1. The van der Waals surface area contributed by atoms with Gasteiger partial charge in [-0.1, -0.05) is 30.3 Å². The molecule has 0 saturated heterocycles. The molecule has 0 radical (unpaired) electrons. The predicted octanol–water partition coefficient (Wildman–Crippen LogP) is 2.65. The fraction of sp³-hybridized carbons (Fsp3) is 0.214. The summed E-state index contributed by atoms with van der Waals surface area (Å²) in [6, 6.07) is 12.4. The first-order valence-corrected chi connectivity index (χ1v) is 5.82. The van der Waals surface area contributed by atoms with Crippen molar-refractivity contribution in [3.63, 3.8) is 0 Å². The van der Waals surface area contributed by atoms with E-state index in [2.05, 4.69) is 22.4 Å². The molecular formula is C14H15ClN2O. The van der Waals surface area contributed by atoms with Gasteiger partial charge in [-0.2, -0.15) is 0 Å². The molecule has 0 fully saturated rings. The van der Waals surface area contributed by atoms with Gasteiger partial charge in [-0.15, -0.1) is 12.4 Å². The molecule has 3 nitrogen and oxygen atoms in total. The number of halogens is 1. The maximum Gasteiger partial charge on any atom is 0.218 e. The third-order valence-electron chi connectivity index (χ3n) is 2.92. The van der Waals surface area contributed by atoms with Gasteiger partial charge in [0, 0.05) is 24.8 Å². The van der Waals surface area contributed by atoms with Crippen molar-refractivity contribution in [1.82, 2.24) is 10.3 Å². The number of nitrogens with zero attached hydrogens (tertiary/aromatic N) is 1. The third-order valence-corrected chi connectivity index (χ3v) is 2.92. The number of hydrogen-bond acceptors (Lipinski definition) is 3. The molecule has 0 unspecified atom stereocenters. The average molecular weight is 263 g/mol. The molecule has 0 bridgehead atoms. The van der Waals surface area contributed by atoms with Gasteiger partial charge in [0.2, 0.25) is 5.88 Å². The van der Waals surface area contributed by atoms with Gasteiger partial charge in [0.1, 0.15) is 6.61 Å². The highest BCUT2D eigenvalue weighted by molar-refractivity contribution is 5.85. The van der Waals surface area contributed by atoms with Crippen LogP contribution >= 0.6 is 12.4 Å².